The number of rotatable bonds is 4. The van der Waals surface area contributed by atoms with Crippen LogP contribution in [-0.4, -0.2) is 7.32 Å². The molecule has 1 aromatic rings. The third kappa shape index (κ3) is 3.97. The van der Waals surface area contributed by atoms with Gasteiger partial charge in [0.2, 0.25) is 0 Å². The van der Waals surface area contributed by atoms with Crippen molar-refractivity contribution in [3.8, 4) is 5.75 Å². The second kappa shape index (κ2) is 5.83. The maximum absolute atomic E-state index is 12.6. The monoisotopic (exact) mass is 310 g/mol. The third-order valence-corrected chi connectivity index (χ3v) is 1.98. The van der Waals surface area contributed by atoms with Gasteiger partial charge < -0.3 is 4.65 Å². The maximum Gasteiger partial charge on any atom is 0.778 e. The van der Waals surface area contributed by atoms with Crippen molar-refractivity contribution in [2.24, 2.45) is 0 Å². The minimum absolute atomic E-state index is 0.233. The topological polar surface area (TPSA) is 27.7 Å². The van der Waals surface area contributed by atoms with Gasteiger partial charge in [0.15, 0.2) is 0 Å². The largest absolute Gasteiger partial charge is 0.778 e. The van der Waals surface area contributed by atoms with Crippen molar-refractivity contribution in [2.75, 3.05) is 0 Å². The number of halogens is 8. The van der Waals surface area contributed by atoms with Crippen molar-refractivity contribution < 1.29 is 49.8 Å². The van der Waals surface area contributed by atoms with Gasteiger partial charge in [-0.1, -0.05) is 9.05 Å². The molecule has 0 bridgehead atoms. The Morgan fingerprint density at radius 3 is 1.80 bits per heavy atom. The van der Waals surface area contributed by atoms with Crippen molar-refractivity contribution in [1.29, 1.82) is 0 Å². The quantitative estimate of drug-likeness (QED) is 0.624. The molecule has 1 aromatic carbocycles. The molecule has 0 unspecified atom stereocenters. The normalized spacial score (nSPS) is 12.4. The molecule has 12 heteroatoms. The second-order valence-corrected chi connectivity index (χ2v) is 3.29. The highest BCUT2D eigenvalue weighted by Gasteiger charge is 2.40. The van der Waals surface area contributed by atoms with Gasteiger partial charge in [-0.05, 0) is 18.2 Å². The van der Waals surface area contributed by atoms with Crippen LogP contribution >= 0.6 is 0 Å². The molecule has 0 amide bonds. The van der Waals surface area contributed by atoms with Crippen LogP contribution in [0.1, 0.15) is 11.1 Å². The van der Waals surface area contributed by atoms with Crippen molar-refractivity contribution >= 4 is 7.32 Å². The SMILES string of the molecule is FOB(OF)Oc1ccc(C(F)(F)F)cc1C(F)(F)F. The van der Waals surface area contributed by atoms with E-state index in [4.69, 9.17) is 0 Å². The Bertz CT molecular complexity index is 456. The fourth-order valence-corrected chi connectivity index (χ4v) is 1.18. The Hall–Kier alpha value is -1.56. The molecule has 3 nitrogen and oxygen atoms in total. The molecule has 112 valence electrons. The van der Waals surface area contributed by atoms with Gasteiger partial charge in [0.25, 0.3) is 0 Å². The van der Waals surface area contributed by atoms with E-state index in [-0.39, 0.29) is 18.2 Å². The van der Waals surface area contributed by atoms with Gasteiger partial charge in [-0.15, -0.1) is 0 Å². The lowest BCUT2D eigenvalue weighted by Crippen LogP contribution is -2.26. The highest BCUT2D eigenvalue weighted by molar-refractivity contribution is 6.36. The Morgan fingerprint density at radius 2 is 1.40 bits per heavy atom. The summed E-state index contributed by atoms with van der Waals surface area (Å²) >= 11 is 0. The number of hydrogen-bond donors (Lipinski definition) is 0. The minimum atomic E-state index is -5.26. The lowest BCUT2D eigenvalue weighted by molar-refractivity contribution is -0.145. The Kier molecular flexibility index (Phi) is 4.81. The van der Waals surface area contributed by atoms with Crippen molar-refractivity contribution in [1.82, 2.24) is 0 Å². The molecule has 0 fully saturated rings. The second-order valence-electron chi connectivity index (χ2n) is 3.29. The summed E-state index contributed by atoms with van der Waals surface area (Å²) in [6, 6.07) is 0.192. The molecular weight excluding hydrogens is 307 g/mol. The van der Waals surface area contributed by atoms with Crippen molar-refractivity contribution in [3.63, 3.8) is 0 Å². The zero-order valence-electron chi connectivity index (χ0n) is 9.06. The lowest BCUT2D eigenvalue weighted by Gasteiger charge is -2.16. The molecule has 1 rings (SSSR count). The smallest absolute Gasteiger partial charge is 0.508 e. The molecule has 0 aliphatic carbocycles. The third-order valence-electron chi connectivity index (χ3n) is 1.98. The summed E-state index contributed by atoms with van der Waals surface area (Å²) in [6.45, 7) is 0. The zero-order valence-corrected chi connectivity index (χ0v) is 9.06. The van der Waals surface area contributed by atoms with E-state index in [9.17, 15) is 35.4 Å². The van der Waals surface area contributed by atoms with Gasteiger partial charge in [0, 0.05) is 0 Å². The molecule has 0 saturated carbocycles. The Morgan fingerprint density at radius 1 is 0.850 bits per heavy atom. The molecule has 0 aliphatic rings. The molecule has 0 saturated heterocycles. The number of hydrogen-bond acceptors (Lipinski definition) is 3. The summed E-state index contributed by atoms with van der Waals surface area (Å²) in [4.78, 5) is 5.32. The first kappa shape index (κ1) is 16.5. The van der Waals surface area contributed by atoms with Gasteiger partial charge in [-0.25, -0.2) is 0 Å². The van der Waals surface area contributed by atoms with E-state index in [2.05, 4.69) is 14.4 Å². The number of benzene rings is 1. The van der Waals surface area contributed by atoms with Crippen LogP contribution in [0.5, 0.6) is 5.75 Å². The van der Waals surface area contributed by atoms with Crippen LogP contribution in [0.25, 0.3) is 0 Å². The molecule has 0 N–H and O–H groups in total. The molecule has 0 atom stereocenters. The van der Waals surface area contributed by atoms with Gasteiger partial charge in [0.05, 0.1) is 11.1 Å². The first-order valence-corrected chi connectivity index (χ1v) is 4.59. The fraction of sp³-hybridized carbons (Fsp3) is 0.250. The average molecular weight is 310 g/mol. The predicted octanol–water partition coefficient (Wildman–Crippen LogP) is 3.89. The maximum atomic E-state index is 12.6. The summed E-state index contributed by atoms with van der Waals surface area (Å²) in [7, 11) is -2.80. The summed E-state index contributed by atoms with van der Waals surface area (Å²) in [6.07, 6.45) is -10.3. The van der Waals surface area contributed by atoms with Crippen molar-refractivity contribution in [2.45, 2.75) is 12.4 Å². The van der Waals surface area contributed by atoms with Crippen LogP contribution in [0.4, 0.5) is 35.4 Å². The molecule has 0 radical (unpaired) electrons. The molecular formula is C8H3BF8O3. The summed E-state index contributed by atoms with van der Waals surface area (Å²) < 4.78 is 102. The van der Waals surface area contributed by atoms with Crippen LogP contribution in [0, 0.1) is 0 Å². The van der Waals surface area contributed by atoms with E-state index >= 15 is 0 Å². The standard InChI is InChI=1S/C8H3BF8O3/c10-7(11,12)4-1-2-6(18-9(19-16)20-17)5(3-4)8(13,14)15/h1-3H. The van der Waals surface area contributed by atoms with Crippen LogP contribution in [-0.2, 0) is 22.1 Å². The summed E-state index contributed by atoms with van der Waals surface area (Å²) in [5.41, 5.74) is -3.51. The van der Waals surface area contributed by atoms with E-state index in [0.29, 0.717) is 0 Å². The predicted molar refractivity (Wildman–Crippen MR) is 47.2 cm³/mol. The van der Waals surface area contributed by atoms with E-state index in [0.717, 1.165) is 0 Å². The van der Waals surface area contributed by atoms with Crippen LogP contribution < -0.4 is 4.65 Å². The van der Waals surface area contributed by atoms with Crippen LogP contribution in [0.15, 0.2) is 18.2 Å². The molecule has 20 heavy (non-hydrogen) atoms. The molecule has 0 heterocycles. The van der Waals surface area contributed by atoms with E-state index in [1.165, 1.54) is 0 Å². The Balaban J connectivity index is 3.24. The summed E-state index contributed by atoms with van der Waals surface area (Å²) in [5, 5.41) is 0. The van der Waals surface area contributed by atoms with Crippen LogP contribution in [0.3, 0.4) is 0 Å². The first-order valence-electron chi connectivity index (χ1n) is 4.59. The minimum Gasteiger partial charge on any atom is -0.508 e. The van der Waals surface area contributed by atoms with E-state index < -0.39 is 36.6 Å². The van der Waals surface area contributed by atoms with Gasteiger partial charge in [-0.2, -0.15) is 36.1 Å². The van der Waals surface area contributed by atoms with Crippen LogP contribution in [0.2, 0.25) is 0 Å². The van der Waals surface area contributed by atoms with Gasteiger partial charge >= 0.3 is 19.7 Å². The van der Waals surface area contributed by atoms with Gasteiger partial charge in [-0.3, -0.25) is 0 Å². The summed E-state index contributed by atoms with van der Waals surface area (Å²) in [5.74, 6) is -1.30. The zero-order chi connectivity index (χ0) is 15.6. The highest BCUT2D eigenvalue weighted by Crippen LogP contribution is 2.40. The van der Waals surface area contributed by atoms with E-state index in [1.54, 1.807) is 0 Å². The van der Waals surface area contributed by atoms with Gasteiger partial charge in [0.1, 0.15) is 5.75 Å². The van der Waals surface area contributed by atoms with Crippen molar-refractivity contribution in [3.05, 3.63) is 29.3 Å². The first-order chi connectivity index (χ1) is 9.09. The average Bonchev–Trinajstić information content (AvgIpc) is 2.33. The molecule has 0 aliphatic heterocycles. The van der Waals surface area contributed by atoms with E-state index in [1.807, 2.05) is 0 Å². The molecule has 0 aromatic heterocycles. The Labute approximate surface area is 106 Å². The number of alkyl halides is 6. The molecule has 0 spiro atoms. The fourth-order valence-electron chi connectivity index (χ4n) is 1.18. The highest BCUT2D eigenvalue weighted by atomic mass is 19.4. The lowest BCUT2D eigenvalue weighted by atomic mass is 10.1.